The molecule has 1 atom stereocenters. The number of likely N-dealkylation sites (tertiary alicyclic amines) is 1. The van der Waals surface area contributed by atoms with Gasteiger partial charge >= 0.3 is 5.97 Å². The number of furan rings is 1. The Labute approximate surface area is 111 Å². The number of hydrogen-bond acceptors (Lipinski definition) is 4. The first-order valence-electron chi connectivity index (χ1n) is 6.43. The average Bonchev–Trinajstić information content (AvgIpc) is 2.90. The molecule has 1 unspecified atom stereocenters. The first-order chi connectivity index (χ1) is 9.16. The van der Waals surface area contributed by atoms with Gasteiger partial charge in [-0.1, -0.05) is 6.42 Å². The third-order valence-corrected chi connectivity index (χ3v) is 3.29. The van der Waals surface area contributed by atoms with Crippen molar-refractivity contribution in [3.63, 3.8) is 0 Å². The molecule has 1 aromatic rings. The number of carboxylic acids is 1. The Balaban J connectivity index is 1.81. The molecule has 0 aromatic carbocycles. The lowest BCUT2D eigenvalue weighted by Gasteiger charge is -2.32. The van der Waals surface area contributed by atoms with E-state index in [1.54, 1.807) is 23.3 Å². The standard InChI is InChI=1S/C13H18N2O4/c16-12(14-8-10-4-3-7-19-10)9-15-6-2-1-5-11(15)13(17)18/h3-4,7,11H,1-2,5-6,8-9H2,(H,14,16)(H,17,18). The van der Waals surface area contributed by atoms with Gasteiger partial charge in [0.1, 0.15) is 11.8 Å². The average molecular weight is 266 g/mol. The van der Waals surface area contributed by atoms with Crippen molar-refractivity contribution >= 4 is 11.9 Å². The Bertz CT molecular complexity index is 430. The quantitative estimate of drug-likeness (QED) is 0.825. The Hall–Kier alpha value is -1.82. The number of hydrogen-bond donors (Lipinski definition) is 2. The number of rotatable bonds is 5. The smallest absolute Gasteiger partial charge is 0.320 e. The zero-order valence-electron chi connectivity index (χ0n) is 10.7. The van der Waals surface area contributed by atoms with Crippen molar-refractivity contribution in [1.29, 1.82) is 0 Å². The van der Waals surface area contributed by atoms with Gasteiger partial charge in [-0.25, -0.2) is 0 Å². The highest BCUT2D eigenvalue weighted by Crippen LogP contribution is 2.16. The van der Waals surface area contributed by atoms with Crippen LogP contribution in [0.4, 0.5) is 0 Å². The second kappa shape index (κ2) is 6.38. The van der Waals surface area contributed by atoms with E-state index < -0.39 is 12.0 Å². The molecule has 1 fully saturated rings. The summed E-state index contributed by atoms with van der Waals surface area (Å²) in [4.78, 5) is 24.6. The van der Waals surface area contributed by atoms with Crippen molar-refractivity contribution in [1.82, 2.24) is 10.2 Å². The van der Waals surface area contributed by atoms with E-state index in [1.165, 1.54) is 0 Å². The molecular formula is C13H18N2O4. The van der Waals surface area contributed by atoms with Gasteiger partial charge in [-0.2, -0.15) is 0 Å². The summed E-state index contributed by atoms with van der Waals surface area (Å²) < 4.78 is 5.11. The van der Waals surface area contributed by atoms with Crippen molar-refractivity contribution in [2.24, 2.45) is 0 Å². The molecule has 1 aliphatic heterocycles. The highest BCUT2D eigenvalue weighted by atomic mass is 16.4. The van der Waals surface area contributed by atoms with Gasteiger partial charge < -0.3 is 14.8 Å². The highest BCUT2D eigenvalue weighted by Gasteiger charge is 2.29. The minimum Gasteiger partial charge on any atom is -0.480 e. The number of nitrogens with one attached hydrogen (secondary N) is 1. The Morgan fingerprint density at radius 2 is 2.32 bits per heavy atom. The minimum absolute atomic E-state index is 0.123. The summed E-state index contributed by atoms with van der Waals surface area (Å²) in [5.74, 6) is -0.343. The molecule has 6 nitrogen and oxygen atoms in total. The van der Waals surface area contributed by atoms with E-state index in [4.69, 9.17) is 9.52 Å². The van der Waals surface area contributed by atoms with E-state index in [0.29, 0.717) is 25.3 Å². The van der Waals surface area contributed by atoms with E-state index in [9.17, 15) is 9.59 Å². The van der Waals surface area contributed by atoms with E-state index in [0.717, 1.165) is 12.8 Å². The van der Waals surface area contributed by atoms with Crippen LogP contribution in [0.15, 0.2) is 22.8 Å². The maximum absolute atomic E-state index is 11.8. The van der Waals surface area contributed by atoms with Crippen LogP contribution in [0.25, 0.3) is 0 Å². The van der Waals surface area contributed by atoms with E-state index in [2.05, 4.69) is 5.32 Å². The maximum atomic E-state index is 11.8. The van der Waals surface area contributed by atoms with Crippen LogP contribution in [0.5, 0.6) is 0 Å². The predicted molar refractivity (Wildman–Crippen MR) is 67.4 cm³/mol. The van der Waals surface area contributed by atoms with Gasteiger partial charge in [-0.3, -0.25) is 14.5 Å². The van der Waals surface area contributed by atoms with Gasteiger partial charge in [0.2, 0.25) is 5.91 Å². The molecule has 2 heterocycles. The predicted octanol–water partition coefficient (Wildman–Crippen LogP) is 0.835. The number of carboxylic acid groups (broad SMARTS) is 1. The van der Waals surface area contributed by atoms with E-state index in [-0.39, 0.29) is 12.5 Å². The fourth-order valence-electron chi connectivity index (χ4n) is 2.30. The van der Waals surface area contributed by atoms with Crippen LogP contribution in [0, 0.1) is 0 Å². The molecule has 6 heteroatoms. The third-order valence-electron chi connectivity index (χ3n) is 3.29. The first kappa shape index (κ1) is 13.6. The van der Waals surface area contributed by atoms with E-state index in [1.807, 2.05) is 0 Å². The molecule has 1 aromatic heterocycles. The molecule has 0 bridgehead atoms. The fourth-order valence-corrected chi connectivity index (χ4v) is 2.30. The molecular weight excluding hydrogens is 248 g/mol. The summed E-state index contributed by atoms with van der Waals surface area (Å²) in [6, 6.07) is 3.00. The fraction of sp³-hybridized carbons (Fsp3) is 0.538. The monoisotopic (exact) mass is 266 g/mol. The van der Waals surface area contributed by atoms with Crippen molar-refractivity contribution in [2.45, 2.75) is 31.8 Å². The van der Waals surface area contributed by atoms with Crippen LogP contribution in [0.3, 0.4) is 0 Å². The van der Waals surface area contributed by atoms with Crippen LogP contribution in [0.2, 0.25) is 0 Å². The van der Waals surface area contributed by atoms with Crippen molar-refractivity contribution in [2.75, 3.05) is 13.1 Å². The van der Waals surface area contributed by atoms with Crippen LogP contribution in [-0.2, 0) is 16.1 Å². The molecule has 19 heavy (non-hydrogen) atoms. The molecule has 0 spiro atoms. The number of carbonyl (C=O) groups is 2. The van der Waals surface area contributed by atoms with Gasteiger partial charge in [-0.05, 0) is 31.5 Å². The third kappa shape index (κ3) is 3.82. The summed E-state index contributed by atoms with van der Waals surface area (Å²) in [6.45, 7) is 1.11. The molecule has 2 N–H and O–H groups in total. The lowest BCUT2D eigenvalue weighted by molar-refractivity contribution is -0.145. The lowest BCUT2D eigenvalue weighted by atomic mass is 10.0. The summed E-state index contributed by atoms with van der Waals surface area (Å²) in [5, 5.41) is 11.8. The molecule has 0 saturated carbocycles. The van der Waals surface area contributed by atoms with Gasteiger partial charge in [0.05, 0.1) is 19.4 Å². The molecule has 2 rings (SSSR count). The van der Waals surface area contributed by atoms with Crippen LogP contribution >= 0.6 is 0 Å². The normalized spacial score (nSPS) is 20.1. The molecule has 1 saturated heterocycles. The van der Waals surface area contributed by atoms with Gasteiger partial charge in [0.25, 0.3) is 0 Å². The number of amides is 1. The van der Waals surface area contributed by atoms with Gasteiger partial charge in [-0.15, -0.1) is 0 Å². The van der Waals surface area contributed by atoms with Gasteiger partial charge in [0.15, 0.2) is 0 Å². The minimum atomic E-state index is -0.849. The van der Waals surface area contributed by atoms with Crippen molar-refractivity contribution < 1.29 is 19.1 Å². The summed E-state index contributed by atoms with van der Waals surface area (Å²) in [6.07, 6.45) is 4.00. The number of aliphatic carboxylic acids is 1. The Morgan fingerprint density at radius 1 is 1.47 bits per heavy atom. The zero-order valence-corrected chi connectivity index (χ0v) is 10.7. The van der Waals surface area contributed by atoms with E-state index >= 15 is 0 Å². The molecule has 0 aliphatic carbocycles. The molecule has 104 valence electrons. The summed E-state index contributed by atoms with van der Waals surface area (Å²) >= 11 is 0. The topological polar surface area (TPSA) is 82.8 Å². The van der Waals surface area contributed by atoms with Gasteiger partial charge in [0, 0.05) is 0 Å². The first-order valence-corrected chi connectivity index (χ1v) is 6.43. The second-order valence-corrected chi connectivity index (χ2v) is 4.68. The zero-order chi connectivity index (χ0) is 13.7. The van der Waals surface area contributed by atoms with Crippen LogP contribution in [-0.4, -0.2) is 41.0 Å². The van der Waals surface area contributed by atoms with Crippen LogP contribution < -0.4 is 5.32 Å². The Morgan fingerprint density at radius 3 is 3.00 bits per heavy atom. The lowest BCUT2D eigenvalue weighted by Crippen LogP contribution is -2.48. The van der Waals surface area contributed by atoms with Crippen LogP contribution in [0.1, 0.15) is 25.0 Å². The van der Waals surface area contributed by atoms with Crippen molar-refractivity contribution in [3.05, 3.63) is 24.2 Å². The summed E-state index contributed by atoms with van der Waals surface area (Å²) in [5.41, 5.74) is 0. The number of piperidine rings is 1. The summed E-state index contributed by atoms with van der Waals surface area (Å²) in [7, 11) is 0. The number of nitrogens with zero attached hydrogens (tertiary/aromatic N) is 1. The van der Waals surface area contributed by atoms with Crippen molar-refractivity contribution in [3.8, 4) is 0 Å². The second-order valence-electron chi connectivity index (χ2n) is 4.68. The largest absolute Gasteiger partial charge is 0.480 e. The number of carbonyl (C=O) groups excluding carboxylic acids is 1. The SMILES string of the molecule is O=C(CN1CCCCC1C(=O)O)NCc1ccco1. The molecule has 0 radical (unpaired) electrons. The highest BCUT2D eigenvalue weighted by molar-refractivity contribution is 5.79. The Kier molecular flexibility index (Phi) is 4.57. The molecule has 1 aliphatic rings. The maximum Gasteiger partial charge on any atom is 0.320 e. The molecule has 1 amide bonds.